The van der Waals surface area contributed by atoms with E-state index in [1.807, 2.05) is 26.0 Å². The highest BCUT2D eigenvalue weighted by Crippen LogP contribution is 2.31. The molecule has 1 aliphatic heterocycles. The SMILES string of the molecule is Cc1ccc(C)c(C(=O)[C@H](C)OC(=O)c2ccc3c(c2)NC(=O)CCS3)c1. The van der Waals surface area contributed by atoms with E-state index in [1.54, 1.807) is 43.0 Å². The molecule has 2 aromatic carbocycles. The quantitative estimate of drug-likeness (QED) is 0.634. The largest absolute Gasteiger partial charge is 0.451 e. The number of benzene rings is 2. The molecule has 1 aliphatic rings. The van der Waals surface area contributed by atoms with E-state index < -0.39 is 12.1 Å². The van der Waals surface area contributed by atoms with Crippen LogP contribution in [0.25, 0.3) is 0 Å². The molecule has 1 heterocycles. The summed E-state index contributed by atoms with van der Waals surface area (Å²) in [5, 5.41) is 2.80. The molecular formula is C21H21NO4S. The molecule has 1 N–H and O–H groups in total. The van der Waals surface area contributed by atoms with E-state index in [2.05, 4.69) is 5.32 Å². The first-order valence-electron chi connectivity index (χ1n) is 8.74. The van der Waals surface area contributed by atoms with Crippen LogP contribution in [0.1, 0.15) is 45.2 Å². The Balaban J connectivity index is 1.76. The molecule has 0 spiro atoms. The fraction of sp³-hybridized carbons (Fsp3) is 0.286. The fourth-order valence-electron chi connectivity index (χ4n) is 2.85. The Labute approximate surface area is 162 Å². The number of ether oxygens (including phenoxy) is 1. The summed E-state index contributed by atoms with van der Waals surface area (Å²) < 4.78 is 5.39. The maximum absolute atomic E-state index is 12.7. The number of ketones is 1. The molecule has 0 aliphatic carbocycles. The highest BCUT2D eigenvalue weighted by atomic mass is 32.2. The van der Waals surface area contributed by atoms with Crippen molar-refractivity contribution in [3.05, 3.63) is 58.7 Å². The van der Waals surface area contributed by atoms with Crippen molar-refractivity contribution in [2.45, 2.75) is 38.2 Å². The molecule has 0 aromatic heterocycles. The molecule has 0 unspecified atom stereocenters. The fourth-order valence-corrected chi connectivity index (χ4v) is 3.79. The summed E-state index contributed by atoms with van der Waals surface area (Å²) in [5.74, 6) is -0.204. The van der Waals surface area contributed by atoms with Crippen LogP contribution in [0, 0.1) is 13.8 Å². The molecule has 0 bridgehead atoms. The molecule has 0 saturated carbocycles. The second-order valence-electron chi connectivity index (χ2n) is 6.59. The molecule has 0 fully saturated rings. The number of esters is 1. The summed E-state index contributed by atoms with van der Waals surface area (Å²) in [6.07, 6.45) is -0.471. The molecule has 3 rings (SSSR count). The number of aryl methyl sites for hydroxylation is 2. The highest BCUT2D eigenvalue weighted by Gasteiger charge is 2.23. The van der Waals surface area contributed by atoms with Crippen LogP contribution >= 0.6 is 11.8 Å². The van der Waals surface area contributed by atoms with Crippen LogP contribution in [-0.4, -0.2) is 29.5 Å². The number of carbonyl (C=O) groups excluding carboxylic acids is 3. The van der Waals surface area contributed by atoms with Gasteiger partial charge in [0.1, 0.15) is 0 Å². The maximum atomic E-state index is 12.7. The van der Waals surface area contributed by atoms with Gasteiger partial charge in [0.15, 0.2) is 6.10 Å². The number of hydrogen-bond acceptors (Lipinski definition) is 5. The number of amides is 1. The maximum Gasteiger partial charge on any atom is 0.338 e. The zero-order valence-corrected chi connectivity index (χ0v) is 16.3. The van der Waals surface area contributed by atoms with E-state index in [0.29, 0.717) is 29.0 Å². The standard InChI is InChI=1S/C21H21NO4S/c1-12-4-5-13(2)16(10-12)20(24)14(3)26-21(25)15-6-7-18-17(11-15)22-19(23)8-9-27-18/h4-7,10-11,14H,8-9H2,1-3H3,(H,22,23)/t14-/m0/s1. The van der Waals surface area contributed by atoms with Crippen molar-refractivity contribution in [3.8, 4) is 0 Å². The lowest BCUT2D eigenvalue weighted by molar-refractivity contribution is -0.115. The van der Waals surface area contributed by atoms with Gasteiger partial charge in [-0.15, -0.1) is 11.8 Å². The number of carbonyl (C=O) groups is 3. The van der Waals surface area contributed by atoms with Gasteiger partial charge < -0.3 is 10.1 Å². The normalized spacial score (nSPS) is 14.6. The second-order valence-corrected chi connectivity index (χ2v) is 7.72. The van der Waals surface area contributed by atoms with Crippen molar-refractivity contribution in [1.82, 2.24) is 0 Å². The molecule has 0 radical (unpaired) electrons. The van der Waals surface area contributed by atoms with Gasteiger partial charge in [-0.05, 0) is 50.6 Å². The van der Waals surface area contributed by atoms with E-state index in [9.17, 15) is 14.4 Å². The molecule has 1 atom stereocenters. The van der Waals surface area contributed by atoms with Crippen molar-refractivity contribution in [3.63, 3.8) is 0 Å². The summed E-state index contributed by atoms with van der Waals surface area (Å²) in [7, 11) is 0. The van der Waals surface area contributed by atoms with Gasteiger partial charge in [0.05, 0.1) is 11.3 Å². The summed E-state index contributed by atoms with van der Waals surface area (Å²) in [4.78, 5) is 37.8. The van der Waals surface area contributed by atoms with Crippen molar-refractivity contribution in [1.29, 1.82) is 0 Å². The number of fused-ring (bicyclic) bond motifs is 1. The molecule has 27 heavy (non-hydrogen) atoms. The Morgan fingerprint density at radius 3 is 2.70 bits per heavy atom. The van der Waals surface area contributed by atoms with Gasteiger partial charge in [-0.3, -0.25) is 9.59 Å². The van der Waals surface area contributed by atoms with Gasteiger partial charge in [-0.2, -0.15) is 0 Å². The van der Waals surface area contributed by atoms with Crippen LogP contribution in [0.3, 0.4) is 0 Å². The van der Waals surface area contributed by atoms with Crippen molar-refractivity contribution < 1.29 is 19.1 Å². The summed E-state index contributed by atoms with van der Waals surface area (Å²) in [6.45, 7) is 5.34. The number of nitrogens with one attached hydrogen (secondary N) is 1. The minimum absolute atomic E-state index is 0.0785. The lowest BCUT2D eigenvalue weighted by Gasteiger charge is -2.15. The van der Waals surface area contributed by atoms with Crippen LogP contribution in [0.5, 0.6) is 0 Å². The van der Waals surface area contributed by atoms with Gasteiger partial charge >= 0.3 is 5.97 Å². The van der Waals surface area contributed by atoms with E-state index >= 15 is 0 Å². The first-order chi connectivity index (χ1) is 12.8. The third-order valence-electron chi connectivity index (χ3n) is 4.39. The number of rotatable bonds is 4. The number of anilines is 1. The Hall–Kier alpha value is -2.60. The lowest BCUT2D eigenvalue weighted by Crippen LogP contribution is -2.25. The van der Waals surface area contributed by atoms with Crippen molar-refractivity contribution in [2.24, 2.45) is 0 Å². The molecule has 1 amide bonds. The first kappa shape index (κ1) is 19.2. The molecular weight excluding hydrogens is 362 g/mol. The zero-order chi connectivity index (χ0) is 19.6. The Kier molecular flexibility index (Phi) is 5.65. The first-order valence-corrected chi connectivity index (χ1v) is 9.73. The predicted octanol–water partition coefficient (Wildman–Crippen LogP) is 4.17. The smallest absolute Gasteiger partial charge is 0.338 e. The van der Waals surface area contributed by atoms with Crippen LogP contribution in [0.2, 0.25) is 0 Å². The van der Waals surface area contributed by atoms with Crippen LogP contribution in [0.4, 0.5) is 5.69 Å². The van der Waals surface area contributed by atoms with Crippen LogP contribution in [0.15, 0.2) is 41.3 Å². The molecule has 5 nitrogen and oxygen atoms in total. The molecule has 6 heteroatoms. The average molecular weight is 383 g/mol. The monoisotopic (exact) mass is 383 g/mol. The summed E-state index contributed by atoms with van der Waals surface area (Å²) in [5.41, 5.74) is 3.28. The Morgan fingerprint density at radius 2 is 1.93 bits per heavy atom. The summed E-state index contributed by atoms with van der Waals surface area (Å²) >= 11 is 1.56. The second kappa shape index (κ2) is 7.96. The van der Waals surface area contributed by atoms with E-state index in [0.717, 1.165) is 16.0 Å². The predicted molar refractivity (Wildman–Crippen MR) is 106 cm³/mol. The van der Waals surface area contributed by atoms with E-state index in [1.165, 1.54) is 0 Å². The highest BCUT2D eigenvalue weighted by molar-refractivity contribution is 7.99. The van der Waals surface area contributed by atoms with Gasteiger partial charge in [0, 0.05) is 22.6 Å². The number of hydrogen-bond donors (Lipinski definition) is 1. The van der Waals surface area contributed by atoms with E-state index in [-0.39, 0.29) is 11.7 Å². The van der Waals surface area contributed by atoms with Crippen molar-refractivity contribution >= 4 is 35.1 Å². The van der Waals surface area contributed by atoms with E-state index in [4.69, 9.17) is 4.74 Å². The third kappa shape index (κ3) is 4.39. The third-order valence-corrected chi connectivity index (χ3v) is 5.46. The zero-order valence-electron chi connectivity index (χ0n) is 15.5. The minimum Gasteiger partial charge on any atom is -0.451 e. The Morgan fingerprint density at radius 1 is 1.15 bits per heavy atom. The number of Topliss-reactive ketones (excluding diaryl/α,β-unsaturated/α-hetero) is 1. The van der Waals surface area contributed by atoms with Gasteiger partial charge in [0.2, 0.25) is 11.7 Å². The molecule has 140 valence electrons. The summed E-state index contributed by atoms with van der Waals surface area (Å²) in [6, 6.07) is 10.7. The topological polar surface area (TPSA) is 72.5 Å². The molecule has 0 saturated heterocycles. The minimum atomic E-state index is -0.902. The molecule has 2 aromatic rings. The van der Waals surface area contributed by atoms with Gasteiger partial charge in [-0.25, -0.2) is 4.79 Å². The van der Waals surface area contributed by atoms with Gasteiger partial charge in [0.25, 0.3) is 0 Å². The number of thioether (sulfide) groups is 1. The van der Waals surface area contributed by atoms with Crippen molar-refractivity contribution in [2.75, 3.05) is 11.1 Å². The van der Waals surface area contributed by atoms with Crippen LogP contribution in [-0.2, 0) is 9.53 Å². The van der Waals surface area contributed by atoms with Crippen LogP contribution < -0.4 is 5.32 Å². The lowest BCUT2D eigenvalue weighted by atomic mass is 9.99. The average Bonchev–Trinajstić information content (AvgIpc) is 2.82. The van der Waals surface area contributed by atoms with Gasteiger partial charge in [-0.1, -0.05) is 17.7 Å². The Bertz CT molecular complexity index is 922.